The molecule has 0 bridgehead atoms. The van der Waals surface area contributed by atoms with Gasteiger partial charge in [0.25, 0.3) is 0 Å². The van der Waals surface area contributed by atoms with Crippen LogP contribution in [0.4, 0.5) is 10.8 Å². The third-order valence-corrected chi connectivity index (χ3v) is 5.72. The van der Waals surface area contributed by atoms with Crippen LogP contribution in [0.3, 0.4) is 0 Å². The molecule has 0 unspecified atom stereocenters. The van der Waals surface area contributed by atoms with E-state index in [4.69, 9.17) is 4.98 Å². The van der Waals surface area contributed by atoms with Gasteiger partial charge in [0.2, 0.25) is 5.91 Å². The van der Waals surface area contributed by atoms with Gasteiger partial charge in [0.1, 0.15) is 0 Å². The fourth-order valence-corrected chi connectivity index (χ4v) is 4.10. The van der Waals surface area contributed by atoms with E-state index in [1.807, 2.05) is 54.6 Å². The predicted octanol–water partition coefficient (Wildman–Crippen LogP) is 3.70. The van der Waals surface area contributed by atoms with E-state index in [-0.39, 0.29) is 5.91 Å². The summed E-state index contributed by atoms with van der Waals surface area (Å²) in [5, 5.41) is 3.99. The minimum Gasteiger partial charge on any atom is -0.345 e. The monoisotopic (exact) mass is 378 g/mol. The maximum atomic E-state index is 12.2. The van der Waals surface area contributed by atoms with Crippen molar-refractivity contribution >= 4 is 44.4 Å². The topological polar surface area (TPSA) is 48.5 Å². The average molecular weight is 379 g/mol. The first-order chi connectivity index (χ1) is 13.2. The summed E-state index contributed by atoms with van der Waals surface area (Å²) >= 11 is 1.68. The first kappa shape index (κ1) is 17.7. The van der Waals surface area contributed by atoms with Crippen molar-refractivity contribution in [3.63, 3.8) is 0 Å². The zero-order valence-corrected chi connectivity index (χ0v) is 16.1. The highest BCUT2D eigenvalue weighted by atomic mass is 32.1. The van der Waals surface area contributed by atoms with Crippen LogP contribution in [0.1, 0.15) is 5.56 Å². The summed E-state index contributed by atoms with van der Waals surface area (Å²) in [5.74, 6) is -0.137. The first-order valence-electron chi connectivity index (χ1n) is 9.05. The lowest BCUT2D eigenvalue weighted by Crippen LogP contribution is -2.44. The van der Waals surface area contributed by atoms with Crippen LogP contribution in [0.2, 0.25) is 0 Å². The Balaban J connectivity index is 1.45. The molecule has 0 spiro atoms. The van der Waals surface area contributed by atoms with Crippen molar-refractivity contribution in [2.45, 2.75) is 0 Å². The highest BCUT2D eigenvalue weighted by molar-refractivity contribution is 7.22. The molecule has 0 atom stereocenters. The molecule has 3 aromatic rings. The van der Waals surface area contributed by atoms with Gasteiger partial charge in [0.15, 0.2) is 5.13 Å². The van der Waals surface area contributed by atoms with Gasteiger partial charge < -0.3 is 15.1 Å². The highest BCUT2D eigenvalue weighted by Crippen LogP contribution is 2.31. The summed E-state index contributed by atoms with van der Waals surface area (Å²) in [5.41, 5.74) is 2.77. The van der Waals surface area contributed by atoms with Crippen molar-refractivity contribution in [2.75, 3.05) is 43.4 Å². The minimum atomic E-state index is -0.137. The van der Waals surface area contributed by atoms with Gasteiger partial charge in [-0.15, -0.1) is 0 Å². The number of thiazole rings is 1. The number of nitrogens with zero attached hydrogens (tertiary/aromatic N) is 3. The van der Waals surface area contributed by atoms with Crippen LogP contribution >= 0.6 is 11.3 Å². The Morgan fingerprint density at radius 1 is 1.11 bits per heavy atom. The number of amides is 1. The van der Waals surface area contributed by atoms with Crippen molar-refractivity contribution < 1.29 is 4.79 Å². The van der Waals surface area contributed by atoms with Crippen LogP contribution in [-0.4, -0.2) is 49.0 Å². The molecular weight excluding hydrogens is 356 g/mol. The van der Waals surface area contributed by atoms with E-state index in [0.29, 0.717) is 0 Å². The quantitative estimate of drug-likeness (QED) is 0.704. The van der Waals surface area contributed by atoms with Gasteiger partial charge in [-0.05, 0) is 36.9 Å². The van der Waals surface area contributed by atoms with Gasteiger partial charge in [-0.25, -0.2) is 4.98 Å². The van der Waals surface area contributed by atoms with E-state index in [0.717, 1.165) is 52.8 Å². The smallest absolute Gasteiger partial charge is 0.248 e. The van der Waals surface area contributed by atoms with E-state index in [1.165, 1.54) is 0 Å². The summed E-state index contributed by atoms with van der Waals surface area (Å²) in [7, 11) is 2.15. The maximum absolute atomic E-state index is 12.2. The SMILES string of the molecule is CN1CCN(c2nc3ccc(NC(=O)/C=C/c4ccccc4)cc3s2)CC1. The number of carbonyl (C=O) groups is 1. The molecule has 1 N–H and O–H groups in total. The Hall–Kier alpha value is -2.70. The number of piperazine rings is 1. The van der Waals surface area contributed by atoms with Crippen molar-refractivity contribution in [3.05, 3.63) is 60.2 Å². The standard InChI is InChI=1S/C21H22N4OS/c1-24-11-13-25(14-12-24)21-23-18-9-8-17(15-19(18)27-21)22-20(26)10-7-16-5-3-2-4-6-16/h2-10,15H,11-14H2,1H3,(H,22,26)/b10-7+. The summed E-state index contributed by atoms with van der Waals surface area (Å²) in [6.45, 7) is 4.13. The fourth-order valence-electron chi connectivity index (χ4n) is 3.04. The number of anilines is 2. The van der Waals surface area contributed by atoms with Gasteiger partial charge in [-0.1, -0.05) is 41.7 Å². The van der Waals surface area contributed by atoms with Gasteiger partial charge in [0.05, 0.1) is 10.2 Å². The molecule has 4 rings (SSSR count). The van der Waals surface area contributed by atoms with E-state index in [2.05, 4.69) is 22.2 Å². The molecule has 5 nitrogen and oxygen atoms in total. The van der Waals surface area contributed by atoms with Gasteiger partial charge in [-0.3, -0.25) is 4.79 Å². The van der Waals surface area contributed by atoms with Gasteiger partial charge >= 0.3 is 0 Å². The summed E-state index contributed by atoms with van der Waals surface area (Å²) < 4.78 is 1.09. The molecule has 1 aliphatic heterocycles. The molecular formula is C21H22N4OS. The molecule has 2 heterocycles. The van der Waals surface area contributed by atoms with Crippen LogP contribution in [0, 0.1) is 0 Å². The number of rotatable bonds is 4. The largest absolute Gasteiger partial charge is 0.345 e. The number of benzene rings is 2. The molecule has 1 amide bonds. The fraction of sp³-hybridized carbons (Fsp3) is 0.238. The zero-order chi connectivity index (χ0) is 18.6. The minimum absolute atomic E-state index is 0.137. The Morgan fingerprint density at radius 3 is 2.67 bits per heavy atom. The van der Waals surface area contributed by atoms with Gasteiger partial charge in [0, 0.05) is 37.9 Å². The Bertz CT molecular complexity index is 959. The Kier molecular flexibility index (Phi) is 5.18. The predicted molar refractivity (Wildman–Crippen MR) is 113 cm³/mol. The molecule has 1 fully saturated rings. The summed E-state index contributed by atoms with van der Waals surface area (Å²) in [6.07, 6.45) is 3.37. The second-order valence-electron chi connectivity index (χ2n) is 6.70. The average Bonchev–Trinajstić information content (AvgIpc) is 3.11. The molecule has 0 radical (unpaired) electrons. The van der Waals surface area contributed by atoms with Crippen molar-refractivity contribution in [1.29, 1.82) is 0 Å². The van der Waals surface area contributed by atoms with Crippen LogP contribution in [0.5, 0.6) is 0 Å². The Morgan fingerprint density at radius 2 is 1.89 bits per heavy atom. The zero-order valence-electron chi connectivity index (χ0n) is 15.3. The lowest BCUT2D eigenvalue weighted by Gasteiger charge is -2.31. The van der Waals surface area contributed by atoms with Gasteiger partial charge in [-0.2, -0.15) is 0 Å². The maximum Gasteiger partial charge on any atom is 0.248 e. The Labute approximate surface area is 162 Å². The molecule has 6 heteroatoms. The molecule has 2 aromatic carbocycles. The third kappa shape index (κ3) is 4.35. The second-order valence-corrected chi connectivity index (χ2v) is 7.71. The number of carbonyl (C=O) groups excluding carboxylic acids is 1. The number of fused-ring (bicyclic) bond motifs is 1. The molecule has 0 saturated carbocycles. The third-order valence-electron chi connectivity index (χ3n) is 4.65. The number of likely N-dealkylation sites (N-methyl/N-ethyl adjacent to an activating group) is 1. The lowest BCUT2D eigenvalue weighted by atomic mass is 10.2. The number of aromatic nitrogens is 1. The van der Waals surface area contributed by atoms with Crippen LogP contribution in [0.15, 0.2) is 54.6 Å². The summed E-state index contributed by atoms with van der Waals surface area (Å²) in [6, 6.07) is 15.7. The molecule has 138 valence electrons. The second kappa shape index (κ2) is 7.90. The molecule has 1 saturated heterocycles. The van der Waals surface area contributed by atoms with Crippen molar-refractivity contribution in [1.82, 2.24) is 9.88 Å². The normalized spacial score (nSPS) is 15.5. The molecule has 27 heavy (non-hydrogen) atoms. The molecule has 1 aliphatic rings. The van der Waals surface area contributed by atoms with E-state index in [1.54, 1.807) is 17.4 Å². The number of nitrogens with one attached hydrogen (secondary N) is 1. The van der Waals surface area contributed by atoms with Crippen molar-refractivity contribution in [3.8, 4) is 0 Å². The molecule has 0 aliphatic carbocycles. The first-order valence-corrected chi connectivity index (χ1v) is 9.87. The van der Waals surface area contributed by atoms with Crippen LogP contribution in [-0.2, 0) is 4.79 Å². The number of hydrogen-bond acceptors (Lipinski definition) is 5. The van der Waals surface area contributed by atoms with E-state index in [9.17, 15) is 4.79 Å². The van der Waals surface area contributed by atoms with Crippen LogP contribution < -0.4 is 10.2 Å². The van der Waals surface area contributed by atoms with Crippen LogP contribution in [0.25, 0.3) is 16.3 Å². The van der Waals surface area contributed by atoms with Crippen molar-refractivity contribution in [2.24, 2.45) is 0 Å². The summed E-state index contributed by atoms with van der Waals surface area (Å²) in [4.78, 5) is 21.6. The highest BCUT2D eigenvalue weighted by Gasteiger charge is 2.17. The van der Waals surface area contributed by atoms with E-state index >= 15 is 0 Å². The molecule has 1 aromatic heterocycles. The lowest BCUT2D eigenvalue weighted by molar-refractivity contribution is -0.111. The number of hydrogen-bond donors (Lipinski definition) is 1. The van der Waals surface area contributed by atoms with E-state index < -0.39 is 0 Å².